The predicted octanol–water partition coefficient (Wildman–Crippen LogP) is 1.80. The number of nitrogens with zero attached hydrogens (tertiary/aromatic N) is 1. The summed E-state index contributed by atoms with van der Waals surface area (Å²) < 4.78 is 38.4. The van der Waals surface area contributed by atoms with E-state index in [4.69, 9.17) is 14.6 Å². The first-order valence-electron chi connectivity index (χ1n) is 9.04. The van der Waals surface area contributed by atoms with Gasteiger partial charge in [0.05, 0.1) is 13.1 Å². The number of aryl methyl sites for hydroxylation is 2. The molecule has 29 heavy (non-hydrogen) atoms. The van der Waals surface area contributed by atoms with Crippen molar-refractivity contribution in [1.29, 1.82) is 0 Å². The maximum absolute atomic E-state index is 13.0. The van der Waals surface area contributed by atoms with Crippen molar-refractivity contribution >= 4 is 16.2 Å². The third-order valence-corrected chi connectivity index (χ3v) is 5.16. The zero-order valence-electron chi connectivity index (χ0n) is 16.5. The average Bonchev–Trinajstić information content (AvgIpc) is 3.05. The molecular formula is C20H24N2O6S. The van der Waals surface area contributed by atoms with E-state index >= 15 is 0 Å². The Hall–Kier alpha value is -2.62. The van der Waals surface area contributed by atoms with E-state index < -0.39 is 16.4 Å². The highest BCUT2D eigenvalue weighted by atomic mass is 32.2. The standard InChI is InChI=1S/C20H24N2O6S/c1-13-7-8-14(2)17(9-13)20(23)22-11-18(26-3)19(12-22)27-15-5-4-6-16(10-15)28-29(21,24)25/h4-10,18-19H,11-12H2,1-3H3,(H2,21,24,25)/t18-,19-/m1/s1. The zero-order chi connectivity index (χ0) is 21.2. The van der Waals surface area contributed by atoms with Crippen molar-refractivity contribution in [3.05, 3.63) is 59.2 Å². The molecule has 0 aromatic heterocycles. The van der Waals surface area contributed by atoms with Gasteiger partial charge in [-0.15, -0.1) is 0 Å². The van der Waals surface area contributed by atoms with Crippen LogP contribution >= 0.6 is 0 Å². The Labute approximate surface area is 170 Å². The molecule has 2 N–H and O–H groups in total. The Morgan fingerprint density at radius 2 is 1.76 bits per heavy atom. The monoisotopic (exact) mass is 420 g/mol. The molecule has 0 aliphatic carbocycles. The summed E-state index contributed by atoms with van der Waals surface area (Å²) in [7, 11) is -2.57. The molecule has 0 unspecified atom stereocenters. The lowest BCUT2D eigenvalue weighted by Crippen LogP contribution is -2.32. The van der Waals surface area contributed by atoms with Gasteiger partial charge in [-0.25, -0.2) is 0 Å². The Balaban J connectivity index is 1.75. The molecule has 0 bridgehead atoms. The van der Waals surface area contributed by atoms with Gasteiger partial charge in [-0.2, -0.15) is 13.6 Å². The van der Waals surface area contributed by atoms with Crippen molar-refractivity contribution in [2.24, 2.45) is 5.14 Å². The normalized spacial score (nSPS) is 19.2. The molecule has 1 aliphatic heterocycles. The van der Waals surface area contributed by atoms with Crippen molar-refractivity contribution in [1.82, 2.24) is 4.90 Å². The summed E-state index contributed by atoms with van der Waals surface area (Å²) in [6, 6.07) is 11.9. The van der Waals surface area contributed by atoms with E-state index in [1.165, 1.54) is 12.1 Å². The van der Waals surface area contributed by atoms with Crippen molar-refractivity contribution in [3.8, 4) is 11.5 Å². The molecule has 156 valence electrons. The van der Waals surface area contributed by atoms with Gasteiger partial charge in [0.1, 0.15) is 23.7 Å². The van der Waals surface area contributed by atoms with Gasteiger partial charge in [-0.1, -0.05) is 23.8 Å². The number of rotatable bonds is 6. The Morgan fingerprint density at radius 3 is 2.45 bits per heavy atom. The summed E-state index contributed by atoms with van der Waals surface area (Å²) in [5, 5.41) is 4.90. The molecule has 0 saturated carbocycles. The number of hydrogen-bond acceptors (Lipinski definition) is 6. The van der Waals surface area contributed by atoms with E-state index in [0.29, 0.717) is 24.4 Å². The van der Waals surface area contributed by atoms with Crippen LogP contribution in [0.3, 0.4) is 0 Å². The maximum Gasteiger partial charge on any atom is 0.380 e. The third-order valence-electron chi connectivity index (χ3n) is 4.73. The second-order valence-electron chi connectivity index (χ2n) is 7.01. The Kier molecular flexibility index (Phi) is 6.11. The second-order valence-corrected chi connectivity index (χ2v) is 8.16. The molecule has 9 heteroatoms. The van der Waals surface area contributed by atoms with Crippen molar-refractivity contribution in [3.63, 3.8) is 0 Å². The zero-order valence-corrected chi connectivity index (χ0v) is 17.3. The molecule has 2 aromatic rings. The van der Waals surface area contributed by atoms with Crippen LogP contribution in [0.5, 0.6) is 11.5 Å². The number of methoxy groups -OCH3 is 1. The summed E-state index contributed by atoms with van der Waals surface area (Å²) in [5.41, 5.74) is 2.58. The van der Waals surface area contributed by atoms with E-state index in [2.05, 4.69) is 4.18 Å². The van der Waals surface area contributed by atoms with E-state index in [-0.39, 0.29) is 17.8 Å². The van der Waals surface area contributed by atoms with Gasteiger partial charge in [0.2, 0.25) is 0 Å². The highest BCUT2D eigenvalue weighted by molar-refractivity contribution is 7.84. The first kappa shape index (κ1) is 21.1. The van der Waals surface area contributed by atoms with Crippen LogP contribution in [0.25, 0.3) is 0 Å². The SMILES string of the molecule is CO[C@@H]1CN(C(=O)c2cc(C)ccc2C)C[C@H]1Oc1cccc(OS(N)(=O)=O)c1. The fourth-order valence-electron chi connectivity index (χ4n) is 3.29. The molecule has 3 rings (SSSR count). The topological polar surface area (TPSA) is 108 Å². The van der Waals surface area contributed by atoms with Gasteiger partial charge in [-0.05, 0) is 37.6 Å². The highest BCUT2D eigenvalue weighted by Gasteiger charge is 2.37. The lowest BCUT2D eigenvalue weighted by atomic mass is 10.0. The highest BCUT2D eigenvalue weighted by Crippen LogP contribution is 2.26. The minimum absolute atomic E-state index is 0.0419. The van der Waals surface area contributed by atoms with Crippen LogP contribution in [0, 0.1) is 13.8 Å². The van der Waals surface area contributed by atoms with E-state index in [0.717, 1.165) is 11.1 Å². The molecule has 0 spiro atoms. The number of benzene rings is 2. The van der Waals surface area contributed by atoms with E-state index in [1.54, 1.807) is 24.1 Å². The molecule has 0 radical (unpaired) electrons. The summed E-state index contributed by atoms with van der Waals surface area (Å²) in [6.45, 7) is 4.58. The lowest BCUT2D eigenvalue weighted by molar-refractivity contribution is 0.0339. The number of likely N-dealkylation sites (tertiary alicyclic amines) is 1. The number of ether oxygens (including phenoxy) is 2. The van der Waals surface area contributed by atoms with Gasteiger partial charge >= 0.3 is 10.3 Å². The fraction of sp³-hybridized carbons (Fsp3) is 0.350. The first-order valence-corrected chi connectivity index (χ1v) is 10.5. The smallest absolute Gasteiger partial charge is 0.380 e. The lowest BCUT2D eigenvalue weighted by Gasteiger charge is -2.19. The van der Waals surface area contributed by atoms with Crippen LogP contribution in [-0.4, -0.2) is 51.6 Å². The number of hydrogen-bond donors (Lipinski definition) is 1. The summed E-state index contributed by atoms with van der Waals surface area (Å²) in [5.74, 6) is 0.352. The first-order chi connectivity index (χ1) is 13.7. The maximum atomic E-state index is 13.0. The number of nitrogens with two attached hydrogens (primary N) is 1. The molecule has 1 saturated heterocycles. The minimum atomic E-state index is -4.13. The van der Waals surface area contributed by atoms with Crippen LogP contribution < -0.4 is 14.1 Å². The van der Waals surface area contributed by atoms with Crippen LogP contribution in [-0.2, 0) is 15.0 Å². The minimum Gasteiger partial charge on any atom is -0.486 e. The van der Waals surface area contributed by atoms with Crippen molar-refractivity contribution in [2.45, 2.75) is 26.1 Å². The molecule has 1 heterocycles. The predicted molar refractivity (Wildman–Crippen MR) is 107 cm³/mol. The van der Waals surface area contributed by atoms with Crippen LogP contribution in [0.15, 0.2) is 42.5 Å². The molecule has 1 amide bonds. The van der Waals surface area contributed by atoms with Crippen molar-refractivity contribution in [2.75, 3.05) is 20.2 Å². The van der Waals surface area contributed by atoms with Crippen LogP contribution in [0.1, 0.15) is 21.5 Å². The van der Waals surface area contributed by atoms with Gasteiger partial charge in [0, 0.05) is 18.7 Å². The number of carbonyl (C=O) groups is 1. The fourth-order valence-corrected chi connectivity index (χ4v) is 3.67. The molecule has 2 aromatic carbocycles. The van der Waals surface area contributed by atoms with Crippen LogP contribution in [0.4, 0.5) is 0 Å². The summed E-state index contributed by atoms with van der Waals surface area (Å²) in [4.78, 5) is 14.7. The van der Waals surface area contributed by atoms with E-state index in [9.17, 15) is 13.2 Å². The Morgan fingerprint density at radius 1 is 1.07 bits per heavy atom. The molecular weight excluding hydrogens is 396 g/mol. The molecule has 1 aliphatic rings. The summed E-state index contributed by atoms with van der Waals surface area (Å²) in [6.07, 6.45) is -0.745. The van der Waals surface area contributed by atoms with Gasteiger partial charge < -0.3 is 18.6 Å². The number of carbonyl (C=O) groups excluding carboxylic acids is 1. The molecule has 1 fully saturated rings. The van der Waals surface area contributed by atoms with E-state index in [1.807, 2.05) is 32.0 Å². The van der Waals surface area contributed by atoms with Crippen LogP contribution in [0.2, 0.25) is 0 Å². The summed E-state index contributed by atoms with van der Waals surface area (Å²) >= 11 is 0. The molecule has 8 nitrogen and oxygen atoms in total. The largest absolute Gasteiger partial charge is 0.486 e. The van der Waals surface area contributed by atoms with Gasteiger partial charge in [0.25, 0.3) is 5.91 Å². The Bertz CT molecular complexity index is 1010. The second kappa shape index (κ2) is 8.40. The quantitative estimate of drug-likeness (QED) is 0.764. The molecule has 2 atom stereocenters. The number of amides is 1. The van der Waals surface area contributed by atoms with Gasteiger partial charge in [0.15, 0.2) is 0 Å². The third kappa shape index (κ3) is 5.26. The van der Waals surface area contributed by atoms with Gasteiger partial charge in [-0.3, -0.25) is 4.79 Å². The van der Waals surface area contributed by atoms with Crippen molar-refractivity contribution < 1.29 is 26.9 Å². The average molecular weight is 420 g/mol.